The molecular weight excluding hydrogens is 168 g/mol. The second-order valence-corrected chi connectivity index (χ2v) is 3.60. The van der Waals surface area contributed by atoms with E-state index in [1.54, 1.807) is 13.8 Å². The van der Waals surface area contributed by atoms with E-state index in [0.29, 0.717) is 5.76 Å². The summed E-state index contributed by atoms with van der Waals surface area (Å²) in [5.41, 5.74) is 0. The molecule has 1 aliphatic heterocycles. The zero-order valence-electron chi connectivity index (χ0n) is 8.59. The summed E-state index contributed by atoms with van der Waals surface area (Å²) in [6.07, 6.45) is 2.28. The zero-order chi connectivity index (χ0) is 10.1. The minimum Gasteiger partial charge on any atom is -0.457 e. The van der Waals surface area contributed by atoms with Crippen LogP contribution in [0.25, 0.3) is 0 Å². The molecule has 1 heterocycles. The molecule has 74 valence electrons. The highest BCUT2D eigenvalue weighted by Gasteiger charge is 2.38. The number of esters is 1. The number of allylic oxidation sites excluding steroid dienone is 1. The summed E-state index contributed by atoms with van der Waals surface area (Å²) >= 11 is 0. The predicted octanol–water partition coefficient (Wildman–Crippen LogP) is 2.23. The lowest BCUT2D eigenvalue weighted by Gasteiger charge is -2.37. The molecular formula is C10H16O3. The van der Waals surface area contributed by atoms with Gasteiger partial charge in [0.05, 0.1) is 6.08 Å². The highest BCUT2D eigenvalue weighted by molar-refractivity contribution is 5.83. The van der Waals surface area contributed by atoms with Crippen LogP contribution >= 0.6 is 0 Å². The average molecular weight is 184 g/mol. The van der Waals surface area contributed by atoms with Gasteiger partial charge in [-0.05, 0) is 13.3 Å². The van der Waals surface area contributed by atoms with Crippen LogP contribution in [0.15, 0.2) is 11.8 Å². The first-order valence-corrected chi connectivity index (χ1v) is 4.58. The van der Waals surface area contributed by atoms with Crippen molar-refractivity contribution in [1.29, 1.82) is 0 Å². The van der Waals surface area contributed by atoms with Crippen molar-refractivity contribution in [2.24, 2.45) is 5.92 Å². The maximum Gasteiger partial charge on any atom is 0.337 e. The average Bonchev–Trinajstić information content (AvgIpc) is 2.00. The van der Waals surface area contributed by atoms with Crippen molar-refractivity contribution in [1.82, 2.24) is 0 Å². The molecule has 0 saturated heterocycles. The molecule has 0 spiro atoms. The van der Waals surface area contributed by atoms with E-state index in [1.165, 1.54) is 6.08 Å². The van der Waals surface area contributed by atoms with Gasteiger partial charge in [-0.25, -0.2) is 4.79 Å². The molecule has 3 heteroatoms. The fourth-order valence-electron chi connectivity index (χ4n) is 1.34. The molecule has 3 nitrogen and oxygen atoms in total. The van der Waals surface area contributed by atoms with E-state index < -0.39 is 5.79 Å². The number of carbonyl (C=O) groups is 1. The highest BCUT2D eigenvalue weighted by Crippen LogP contribution is 2.31. The number of rotatable bonds is 2. The van der Waals surface area contributed by atoms with Crippen molar-refractivity contribution in [3.8, 4) is 0 Å². The number of hydrogen-bond acceptors (Lipinski definition) is 3. The molecule has 0 radical (unpaired) electrons. The van der Waals surface area contributed by atoms with E-state index in [-0.39, 0.29) is 11.9 Å². The Morgan fingerprint density at radius 1 is 1.54 bits per heavy atom. The molecule has 0 aromatic rings. The smallest absolute Gasteiger partial charge is 0.337 e. The lowest BCUT2D eigenvalue weighted by molar-refractivity contribution is -0.233. The van der Waals surface area contributed by atoms with Gasteiger partial charge in [0.2, 0.25) is 0 Å². The molecule has 1 rings (SSSR count). The third-order valence-electron chi connectivity index (χ3n) is 2.50. The first-order chi connectivity index (χ1) is 5.98. The quantitative estimate of drug-likeness (QED) is 0.617. The molecule has 0 N–H and O–H groups in total. The van der Waals surface area contributed by atoms with Gasteiger partial charge in [-0.2, -0.15) is 0 Å². The maximum absolute atomic E-state index is 11.1. The van der Waals surface area contributed by atoms with Crippen molar-refractivity contribution in [3.63, 3.8) is 0 Å². The molecule has 0 aromatic carbocycles. The number of hydrogen-bond donors (Lipinski definition) is 0. The summed E-state index contributed by atoms with van der Waals surface area (Å²) < 4.78 is 10.7. The maximum atomic E-state index is 11.1. The van der Waals surface area contributed by atoms with E-state index in [1.807, 2.05) is 13.8 Å². The van der Waals surface area contributed by atoms with E-state index in [4.69, 9.17) is 9.47 Å². The Morgan fingerprint density at radius 2 is 2.15 bits per heavy atom. The molecule has 0 aromatic heterocycles. The summed E-state index contributed by atoms with van der Waals surface area (Å²) in [6.45, 7) is 7.61. The van der Waals surface area contributed by atoms with Crippen LogP contribution < -0.4 is 0 Å². The fourth-order valence-corrected chi connectivity index (χ4v) is 1.34. The third-order valence-corrected chi connectivity index (χ3v) is 2.50. The van der Waals surface area contributed by atoms with Crippen LogP contribution in [0.4, 0.5) is 0 Å². The van der Waals surface area contributed by atoms with Gasteiger partial charge < -0.3 is 9.47 Å². The van der Waals surface area contributed by atoms with Gasteiger partial charge in [0.15, 0.2) is 0 Å². The van der Waals surface area contributed by atoms with Crippen molar-refractivity contribution in [2.45, 2.75) is 39.9 Å². The normalized spacial score (nSPS) is 30.2. The Balaban J connectivity index is 2.83. The number of carbonyl (C=O) groups excluding carboxylic acids is 1. The standard InChI is InChI=1S/C10H16O3/c1-5-7(2)10(4)12-8(3)6-9(11)13-10/h6-7H,5H2,1-4H3/t7-,10-/m1/s1. The number of ether oxygens (including phenoxy) is 2. The Labute approximate surface area is 78.7 Å². The number of cyclic esters (lactones) is 1. The summed E-state index contributed by atoms with van der Waals surface area (Å²) in [5, 5.41) is 0. The van der Waals surface area contributed by atoms with Gasteiger partial charge in [-0.15, -0.1) is 0 Å². The first kappa shape index (κ1) is 10.1. The summed E-state index contributed by atoms with van der Waals surface area (Å²) in [6, 6.07) is 0. The molecule has 0 fully saturated rings. The third kappa shape index (κ3) is 2.02. The van der Waals surface area contributed by atoms with E-state index >= 15 is 0 Å². The molecule has 2 atom stereocenters. The minimum atomic E-state index is -0.787. The second kappa shape index (κ2) is 3.40. The topological polar surface area (TPSA) is 35.5 Å². The van der Waals surface area contributed by atoms with Crippen LogP contribution in [0, 0.1) is 5.92 Å². The van der Waals surface area contributed by atoms with Crippen LogP contribution in [0.3, 0.4) is 0 Å². The van der Waals surface area contributed by atoms with Crippen molar-refractivity contribution >= 4 is 5.97 Å². The second-order valence-electron chi connectivity index (χ2n) is 3.60. The highest BCUT2D eigenvalue weighted by atomic mass is 16.7. The van der Waals surface area contributed by atoms with E-state index in [2.05, 4.69) is 0 Å². The largest absolute Gasteiger partial charge is 0.457 e. The fraction of sp³-hybridized carbons (Fsp3) is 0.700. The lowest BCUT2D eigenvalue weighted by Crippen LogP contribution is -2.42. The Morgan fingerprint density at radius 3 is 2.62 bits per heavy atom. The molecule has 13 heavy (non-hydrogen) atoms. The minimum absolute atomic E-state index is 0.195. The molecule has 0 unspecified atom stereocenters. The van der Waals surface area contributed by atoms with Crippen molar-refractivity contribution < 1.29 is 14.3 Å². The zero-order valence-corrected chi connectivity index (χ0v) is 8.59. The molecule has 0 aliphatic carbocycles. The van der Waals surface area contributed by atoms with Crippen LogP contribution in [-0.2, 0) is 14.3 Å². The monoisotopic (exact) mass is 184 g/mol. The predicted molar refractivity (Wildman–Crippen MR) is 48.8 cm³/mol. The van der Waals surface area contributed by atoms with E-state index in [9.17, 15) is 4.79 Å². The Bertz CT molecular complexity index is 245. The van der Waals surface area contributed by atoms with Crippen molar-refractivity contribution in [3.05, 3.63) is 11.8 Å². The molecule has 0 bridgehead atoms. The summed E-state index contributed by atoms with van der Waals surface area (Å²) in [7, 11) is 0. The van der Waals surface area contributed by atoms with Crippen LogP contribution in [0.5, 0.6) is 0 Å². The molecule has 0 amide bonds. The lowest BCUT2D eigenvalue weighted by atomic mass is 9.99. The van der Waals surface area contributed by atoms with Crippen LogP contribution in [-0.4, -0.2) is 11.8 Å². The first-order valence-electron chi connectivity index (χ1n) is 4.58. The van der Waals surface area contributed by atoms with Gasteiger partial charge in [0, 0.05) is 12.8 Å². The van der Waals surface area contributed by atoms with Gasteiger partial charge in [-0.3, -0.25) is 0 Å². The van der Waals surface area contributed by atoms with Gasteiger partial charge >= 0.3 is 5.97 Å². The van der Waals surface area contributed by atoms with E-state index in [0.717, 1.165) is 6.42 Å². The molecule has 0 saturated carbocycles. The van der Waals surface area contributed by atoms with Crippen LogP contribution in [0.2, 0.25) is 0 Å². The van der Waals surface area contributed by atoms with Crippen LogP contribution in [0.1, 0.15) is 34.1 Å². The van der Waals surface area contributed by atoms with Crippen molar-refractivity contribution in [2.75, 3.05) is 0 Å². The SMILES string of the molecule is CC[C@@H](C)[C@@]1(C)OC(=O)C=C(C)O1. The Hall–Kier alpha value is -0.990. The van der Waals surface area contributed by atoms with Gasteiger partial charge in [0.1, 0.15) is 5.76 Å². The Kier molecular flexibility index (Phi) is 2.64. The summed E-state index contributed by atoms with van der Waals surface area (Å²) in [5.74, 6) is -0.282. The molecule has 1 aliphatic rings. The van der Waals surface area contributed by atoms with Gasteiger partial charge in [0.25, 0.3) is 5.79 Å². The van der Waals surface area contributed by atoms with Gasteiger partial charge in [-0.1, -0.05) is 13.8 Å². The summed E-state index contributed by atoms with van der Waals surface area (Å²) in [4.78, 5) is 11.1.